The van der Waals surface area contributed by atoms with Gasteiger partial charge in [0.2, 0.25) is 0 Å². The zero-order chi connectivity index (χ0) is 13.0. The first-order valence-electron chi connectivity index (χ1n) is 6.24. The highest BCUT2D eigenvalue weighted by molar-refractivity contribution is 5.37. The van der Waals surface area contributed by atoms with Gasteiger partial charge in [0, 0.05) is 19.6 Å². The van der Waals surface area contributed by atoms with Crippen LogP contribution in [-0.4, -0.2) is 29.7 Å². The number of hydrogen-bond donors (Lipinski definition) is 1. The number of benzene rings is 1. The molecular weight excluding hydrogens is 231 g/mol. The van der Waals surface area contributed by atoms with Gasteiger partial charge in [-0.2, -0.15) is 5.26 Å². The number of hydrogen-bond acceptors (Lipinski definition) is 3. The van der Waals surface area contributed by atoms with Crippen LogP contribution in [0.15, 0.2) is 18.2 Å². The van der Waals surface area contributed by atoms with Gasteiger partial charge in [0.15, 0.2) is 0 Å². The van der Waals surface area contributed by atoms with Crippen molar-refractivity contribution in [3.8, 4) is 6.07 Å². The molecule has 1 saturated carbocycles. The predicted octanol–water partition coefficient (Wildman–Crippen LogP) is 1.90. The molecule has 0 aromatic heterocycles. The molecule has 0 heterocycles. The Morgan fingerprint density at radius 2 is 2.22 bits per heavy atom. The topological polar surface area (TPSA) is 47.3 Å². The normalized spacial score (nSPS) is 14.8. The molecule has 0 saturated heterocycles. The van der Waals surface area contributed by atoms with E-state index in [1.165, 1.54) is 25.0 Å². The largest absolute Gasteiger partial charge is 0.395 e. The van der Waals surface area contributed by atoms with Crippen molar-refractivity contribution in [1.29, 1.82) is 5.26 Å². The Morgan fingerprint density at radius 1 is 1.44 bits per heavy atom. The molecule has 1 fully saturated rings. The molecule has 0 amide bonds. The molecule has 0 atom stereocenters. The number of nitrogens with zero attached hydrogens (tertiary/aromatic N) is 2. The van der Waals surface area contributed by atoms with Gasteiger partial charge < -0.3 is 5.11 Å². The van der Waals surface area contributed by atoms with Crippen molar-refractivity contribution in [2.45, 2.75) is 19.4 Å². The minimum absolute atomic E-state index is 0.107. The van der Waals surface area contributed by atoms with Crippen LogP contribution in [0, 0.1) is 23.1 Å². The van der Waals surface area contributed by atoms with Crippen LogP contribution >= 0.6 is 0 Å². The lowest BCUT2D eigenvalue weighted by atomic mass is 10.1. The second-order valence-corrected chi connectivity index (χ2v) is 4.82. The lowest BCUT2D eigenvalue weighted by molar-refractivity contribution is 0.184. The van der Waals surface area contributed by atoms with Gasteiger partial charge >= 0.3 is 0 Å². The molecule has 1 aliphatic carbocycles. The van der Waals surface area contributed by atoms with E-state index in [4.69, 9.17) is 10.4 Å². The van der Waals surface area contributed by atoms with Gasteiger partial charge in [0.1, 0.15) is 5.82 Å². The number of halogens is 1. The minimum atomic E-state index is -0.383. The number of rotatable bonds is 6. The monoisotopic (exact) mass is 248 g/mol. The Bertz CT molecular complexity index is 452. The third kappa shape index (κ3) is 3.52. The Labute approximate surface area is 106 Å². The Hall–Kier alpha value is -1.44. The summed E-state index contributed by atoms with van der Waals surface area (Å²) in [5.41, 5.74) is 1.21. The van der Waals surface area contributed by atoms with E-state index in [2.05, 4.69) is 4.90 Å². The molecule has 2 rings (SSSR count). The maximum Gasteiger partial charge on any atom is 0.124 e. The lowest BCUT2D eigenvalue weighted by Crippen LogP contribution is -2.29. The SMILES string of the molecule is N#Cc1cc(F)ccc1CN(CCO)CC1CC1. The van der Waals surface area contributed by atoms with Crippen LogP contribution in [0.2, 0.25) is 0 Å². The molecule has 1 N–H and O–H groups in total. The van der Waals surface area contributed by atoms with Crippen LogP contribution in [0.1, 0.15) is 24.0 Å². The first-order chi connectivity index (χ1) is 8.72. The number of aliphatic hydroxyl groups excluding tert-OH is 1. The van der Waals surface area contributed by atoms with Gasteiger partial charge in [-0.15, -0.1) is 0 Å². The van der Waals surface area contributed by atoms with Crippen molar-refractivity contribution in [3.05, 3.63) is 35.1 Å². The molecule has 0 radical (unpaired) electrons. The predicted molar refractivity (Wildman–Crippen MR) is 66.2 cm³/mol. The number of nitriles is 1. The molecule has 3 nitrogen and oxygen atoms in total. The molecule has 0 bridgehead atoms. The van der Waals surface area contributed by atoms with Gasteiger partial charge in [-0.1, -0.05) is 6.07 Å². The summed E-state index contributed by atoms with van der Waals surface area (Å²) in [4.78, 5) is 2.13. The maximum atomic E-state index is 13.0. The Kier molecular flexibility index (Phi) is 4.29. The van der Waals surface area contributed by atoms with Gasteiger partial charge in [0.05, 0.1) is 18.2 Å². The van der Waals surface area contributed by atoms with Gasteiger partial charge in [-0.25, -0.2) is 4.39 Å². The van der Waals surface area contributed by atoms with E-state index in [0.29, 0.717) is 18.7 Å². The van der Waals surface area contributed by atoms with E-state index in [1.807, 2.05) is 6.07 Å². The van der Waals surface area contributed by atoms with Crippen LogP contribution in [-0.2, 0) is 6.54 Å². The van der Waals surface area contributed by atoms with E-state index >= 15 is 0 Å². The highest BCUT2D eigenvalue weighted by Gasteiger charge is 2.24. The quantitative estimate of drug-likeness (QED) is 0.836. The van der Waals surface area contributed by atoms with E-state index < -0.39 is 0 Å². The van der Waals surface area contributed by atoms with E-state index in [0.717, 1.165) is 18.0 Å². The van der Waals surface area contributed by atoms with Crippen LogP contribution < -0.4 is 0 Å². The summed E-state index contributed by atoms with van der Waals surface area (Å²) in [5, 5.41) is 18.0. The Balaban J connectivity index is 2.07. The fourth-order valence-corrected chi connectivity index (χ4v) is 2.07. The zero-order valence-corrected chi connectivity index (χ0v) is 10.3. The van der Waals surface area contributed by atoms with E-state index in [9.17, 15) is 4.39 Å². The molecule has 0 unspecified atom stereocenters. The summed E-state index contributed by atoms with van der Waals surface area (Å²) >= 11 is 0. The third-order valence-corrected chi connectivity index (χ3v) is 3.22. The molecule has 1 aliphatic rings. The van der Waals surface area contributed by atoms with Crippen LogP contribution in [0.3, 0.4) is 0 Å². The van der Waals surface area contributed by atoms with Gasteiger partial charge in [-0.3, -0.25) is 4.90 Å². The van der Waals surface area contributed by atoms with Crippen molar-refractivity contribution < 1.29 is 9.50 Å². The van der Waals surface area contributed by atoms with Gasteiger partial charge in [-0.05, 0) is 36.5 Å². The summed E-state index contributed by atoms with van der Waals surface area (Å²) in [6, 6.07) is 6.33. The standard InChI is InChI=1S/C14H17FN2O/c15-14-4-3-12(13(7-14)8-16)10-17(5-6-18)9-11-1-2-11/h3-4,7,11,18H,1-2,5-6,9-10H2. The third-order valence-electron chi connectivity index (χ3n) is 3.22. The molecule has 18 heavy (non-hydrogen) atoms. The average molecular weight is 248 g/mol. The maximum absolute atomic E-state index is 13.0. The van der Waals surface area contributed by atoms with Crippen LogP contribution in [0.4, 0.5) is 4.39 Å². The summed E-state index contributed by atoms with van der Waals surface area (Å²) < 4.78 is 13.0. The smallest absolute Gasteiger partial charge is 0.124 e. The van der Waals surface area contributed by atoms with Crippen LogP contribution in [0.25, 0.3) is 0 Å². The molecule has 0 spiro atoms. The van der Waals surface area contributed by atoms with Crippen LogP contribution in [0.5, 0.6) is 0 Å². The fourth-order valence-electron chi connectivity index (χ4n) is 2.07. The highest BCUT2D eigenvalue weighted by Crippen LogP contribution is 2.30. The highest BCUT2D eigenvalue weighted by atomic mass is 19.1. The molecule has 96 valence electrons. The molecule has 0 aliphatic heterocycles. The molecular formula is C14H17FN2O. The Morgan fingerprint density at radius 3 is 2.83 bits per heavy atom. The summed E-state index contributed by atoms with van der Waals surface area (Å²) in [5.74, 6) is 0.341. The lowest BCUT2D eigenvalue weighted by Gasteiger charge is -2.21. The second kappa shape index (κ2) is 5.94. The zero-order valence-electron chi connectivity index (χ0n) is 10.3. The van der Waals surface area contributed by atoms with Gasteiger partial charge in [0.25, 0.3) is 0 Å². The summed E-state index contributed by atoms with van der Waals surface area (Å²) in [7, 11) is 0. The van der Waals surface area contributed by atoms with E-state index in [1.54, 1.807) is 6.07 Å². The molecule has 1 aromatic carbocycles. The average Bonchev–Trinajstić information content (AvgIpc) is 3.15. The first-order valence-corrected chi connectivity index (χ1v) is 6.24. The van der Waals surface area contributed by atoms with Crippen molar-refractivity contribution in [2.24, 2.45) is 5.92 Å². The molecule has 4 heteroatoms. The van der Waals surface area contributed by atoms with Crippen molar-refractivity contribution in [3.63, 3.8) is 0 Å². The number of aliphatic hydroxyl groups is 1. The fraction of sp³-hybridized carbons (Fsp3) is 0.500. The second-order valence-electron chi connectivity index (χ2n) is 4.82. The first kappa shape index (κ1) is 13.0. The summed E-state index contributed by atoms with van der Waals surface area (Å²) in [6.45, 7) is 2.25. The van der Waals surface area contributed by atoms with E-state index in [-0.39, 0.29) is 12.4 Å². The van der Waals surface area contributed by atoms with Crippen molar-refractivity contribution in [2.75, 3.05) is 19.7 Å². The van der Waals surface area contributed by atoms with Crippen molar-refractivity contribution in [1.82, 2.24) is 4.90 Å². The van der Waals surface area contributed by atoms with Crippen molar-refractivity contribution >= 4 is 0 Å². The molecule has 1 aromatic rings. The minimum Gasteiger partial charge on any atom is -0.395 e. The summed E-state index contributed by atoms with van der Waals surface area (Å²) in [6.07, 6.45) is 2.49.